The molecule has 1 saturated heterocycles. The van der Waals surface area contributed by atoms with Gasteiger partial charge in [0.1, 0.15) is 0 Å². The summed E-state index contributed by atoms with van der Waals surface area (Å²) in [6, 6.07) is 7.50. The van der Waals surface area contributed by atoms with E-state index < -0.39 is 10.0 Å². The maximum absolute atomic E-state index is 11.6. The van der Waals surface area contributed by atoms with Crippen LogP contribution < -0.4 is 10.0 Å². The Labute approximate surface area is 169 Å². The second-order valence-corrected chi connectivity index (χ2v) is 10.1. The van der Waals surface area contributed by atoms with Gasteiger partial charge in [-0.1, -0.05) is 43.9 Å². The molecular formula is C21H34N4O2S. The summed E-state index contributed by atoms with van der Waals surface area (Å²) in [6.07, 6.45) is 11.8. The van der Waals surface area contributed by atoms with Gasteiger partial charge in [0.25, 0.3) is 0 Å². The molecule has 156 valence electrons. The molecule has 1 aliphatic heterocycles. The molecule has 28 heavy (non-hydrogen) atoms. The predicted octanol–water partition coefficient (Wildman–Crippen LogP) is 3.57. The number of benzene rings is 1. The van der Waals surface area contributed by atoms with Gasteiger partial charge < -0.3 is 10.2 Å². The lowest BCUT2D eigenvalue weighted by molar-refractivity contribution is 0.115. The first-order valence-electron chi connectivity index (χ1n) is 10.4. The SMILES string of the molecule is CN=C(NCc1ccccc1NS(C)(=O)=O)N1CCCC2(CCCCCC2)C1. The van der Waals surface area contributed by atoms with Gasteiger partial charge in [0, 0.05) is 26.7 Å². The zero-order valence-electron chi connectivity index (χ0n) is 17.2. The molecule has 0 unspecified atom stereocenters. The van der Waals surface area contributed by atoms with E-state index in [1.807, 2.05) is 25.2 Å². The van der Waals surface area contributed by atoms with Crippen LogP contribution in [0.5, 0.6) is 0 Å². The fourth-order valence-electron chi connectivity index (χ4n) is 4.76. The molecule has 0 amide bonds. The Morgan fingerprint density at radius 1 is 1.11 bits per heavy atom. The second-order valence-electron chi connectivity index (χ2n) is 8.37. The van der Waals surface area contributed by atoms with Crippen molar-refractivity contribution >= 4 is 21.7 Å². The molecule has 0 aromatic heterocycles. The molecule has 1 aliphatic carbocycles. The quantitative estimate of drug-likeness (QED) is 0.592. The normalized spacial score (nSPS) is 20.6. The van der Waals surface area contributed by atoms with Crippen molar-refractivity contribution in [3.8, 4) is 0 Å². The van der Waals surface area contributed by atoms with E-state index >= 15 is 0 Å². The van der Waals surface area contributed by atoms with E-state index in [1.165, 1.54) is 57.6 Å². The van der Waals surface area contributed by atoms with E-state index in [0.717, 1.165) is 24.6 Å². The van der Waals surface area contributed by atoms with Crippen molar-refractivity contribution in [2.24, 2.45) is 10.4 Å². The van der Waals surface area contributed by atoms with E-state index in [0.29, 0.717) is 17.6 Å². The molecule has 0 bridgehead atoms. The number of guanidine groups is 1. The number of anilines is 1. The number of piperidine rings is 1. The standard InChI is InChI=1S/C21H34N4O2S/c1-22-20(23-16-18-10-5-6-11-19(18)24-28(2,26)27)25-15-9-14-21(17-25)12-7-3-4-8-13-21/h5-6,10-11,24H,3-4,7-9,12-17H2,1-2H3,(H,22,23). The molecule has 3 rings (SSSR count). The Kier molecular flexibility index (Phi) is 6.86. The van der Waals surface area contributed by atoms with Crippen molar-refractivity contribution < 1.29 is 8.42 Å². The highest BCUT2D eigenvalue weighted by Gasteiger charge is 2.36. The van der Waals surface area contributed by atoms with E-state index in [9.17, 15) is 8.42 Å². The third-order valence-electron chi connectivity index (χ3n) is 6.09. The first kappa shape index (κ1) is 21.0. The lowest BCUT2D eigenvalue weighted by Gasteiger charge is -2.44. The minimum atomic E-state index is -3.30. The number of nitrogens with zero attached hydrogens (tertiary/aromatic N) is 2. The van der Waals surface area contributed by atoms with Crippen LogP contribution in [0.25, 0.3) is 0 Å². The van der Waals surface area contributed by atoms with Gasteiger partial charge in [-0.2, -0.15) is 0 Å². The summed E-state index contributed by atoms with van der Waals surface area (Å²) in [7, 11) is -1.47. The molecular weight excluding hydrogens is 372 g/mol. The van der Waals surface area contributed by atoms with Crippen LogP contribution in [-0.2, 0) is 16.6 Å². The lowest BCUT2D eigenvalue weighted by Crippen LogP contribution is -2.50. The predicted molar refractivity (Wildman–Crippen MR) is 116 cm³/mol. The van der Waals surface area contributed by atoms with Crippen LogP contribution in [-0.4, -0.2) is 45.7 Å². The average Bonchev–Trinajstić information content (AvgIpc) is 2.88. The maximum atomic E-state index is 11.6. The minimum absolute atomic E-state index is 0.447. The van der Waals surface area contributed by atoms with Crippen LogP contribution in [0.4, 0.5) is 5.69 Å². The van der Waals surface area contributed by atoms with Crippen LogP contribution in [0.1, 0.15) is 56.9 Å². The number of sulfonamides is 1. The topological polar surface area (TPSA) is 73.8 Å². The van der Waals surface area contributed by atoms with Crippen molar-refractivity contribution in [2.75, 3.05) is 31.1 Å². The van der Waals surface area contributed by atoms with Crippen molar-refractivity contribution in [2.45, 2.75) is 57.9 Å². The molecule has 7 heteroatoms. The number of likely N-dealkylation sites (tertiary alicyclic amines) is 1. The van der Waals surface area contributed by atoms with Gasteiger partial charge in [-0.05, 0) is 42.7 Å². The molecule has 1 aromatic carbocycles. The summed E-state index contributed by atoms with van der Waals surface area (Å²) in [5.74, 6) is 0.914. The fourth-order valence-corrected chi connectivity index (χ4v) is 5.35. The molecule has 0 atom stereocenters. The minimum Gasteiger partial charge on any atom is -0.352 e. The lowest BCUT2D eigenvalue weighted by atomic mass is 9.74. The Morgan fingerprint density at radius 3 is 2.46 bits per heavy atom. The summed E-state index contributed by atoms with van der Waals surface area (Å²) in [5.41, 5.74) is 1.98. The molecule has 6 nitrogen and oxygen atoms in total. The molecule has 2 aliphatic rings. The largest absolute Gasteiger partial charge is 0.352 e. The van der Waals surface area contributed by atoms with Crippen molar-refractivity contribution in [1.82, 2.24) is 10.2 Å². The molecule has 2 N–H and O–H groups in total. The number of aliphatic imine (C=N–C) groups is 1. The van der Waals surface area contributed by atoms with Crippen molar-refractivity contribution in [3.05, 3.63) is 29.8 Å². The van der Waals surface area contributed by atoms with Crippen molar-refractivity contribution in [1.29, 1.82) is 0 Å². The van der Waals surface area contributed by atoms with Crippen LogP contribution in [0.2, 0.25) is 0 Å². The number of rotatable bonds is 4. The van der Waals surface area contributed by atoms with Crippen LogP contribution in [0.15, 0.2) is 29.3 Å². The summed E-state index contributed by atoms with van der Waals surface area (Å²) in [6.45, 7) is 2.65. The molecule has 1 saturated carbocycles. The van der Waals surface area contributed by atoms with Gasteiger partial charge >= 0.3 is 0 Å². The van der Waals surface area contributed by atoms with Gasteiger partial charge in [-0.3, -0.25) is 9.71 Å². The van der Waals surface area contributed by atoms with Gasteiger partial charge in [-0.25, -0.2) is 8.42 Å². The summed E-state index contributed by atoms with van der Waals surface area (Å²) >= 11 is 0. The smallest absolute Gasteiger partial charge is 0.229 e. The number of nitrogens with one attached hydrogen (secondary N) is 2. The molecule has 2 fully saturated rings. The van der Waals surface area contributed by atoms with Crippen LogP contribution in [0.3, 0.4) is 0 Å². The average molecular weight is 407 g/mol. The molecule has 0 radical (unpaired) electrons. The van der Waals surface area contributed by atoms with Gasteiger partial charge in [-0.15, -0.1) is 0 Å². The maximum Gasteiger partial charge on any atom is 0.229 e. The van der Waals surface area contributed by atoms with E-state index in [4.69, 9.17) is 0 Å². The fraction of sp³-hybridized carbons (Fsp3) is 0.667. The molecule has 1 spiro atoms. The van der Waals surface area contributed by atoms with E-state index in [2.05, 4.69) is 19.9 Å². The Balaban J connectivity index is 1.67. The first-order valence-corrected chi connectivity index (χ1v) is 12.3. The van der Waals surface area contributed by atoms with Crippen LogP contribution >= 0.6 is 0 Å². The number of para-hydroxylation sites is 1. The Bertz CT molecular complexity index is 783. The Morgan fingerprint density at radius 2 is 1.79 bits per heavy atom. The summed E-state index contributed by atoms with van der Waals surface area (Å²) in [5, 5.41) is 3.46. The highest BCUT2D eigenvalue weighted by molar-refractivity contribution is 7.92. The van der Waals surface area contributed by atoms with Gasteiger partial charge in [0.05, 0.1) is 11.9 Å². The summed E-state index contributed by atoms with van der Waals surface area (Å²) in [4.78, 5) is 6.93. The summed E-state index contributed by atoms with van der Waals surface area (Å²) < 4.78 is 25.9. The second kappa shape index (κ2) is 9.16. The highest BCUT2D eigenvalue weighted by atomic mass is 32.2. The van der Waals surface area contributed by atoms with Gasteiger partial charge in [0.15, 0.2) is 5.96 Å². The van der Waals surface area contributed by atoms with Crippen molar-refractivity contribution in [3.63, 3.8) is 0 Å². The Hall–Kier alpha value is -1.76. The monoisotopic (exact) mass is 406 g/mol. The zero-order chi connectivity index (χ0) is 20.0. The van der Waals surface area contributed by atoms with E-state index in [1.54, 1.807) is 6.07 Å². The highest BCUT2D eigenvalue weighted by Crippen LogP contribution is 2.42. The first-order chi connectivity index (χ1) is 13.4. The third-order valence-corrected chi connectivity index (χ3v) is 6.68. The van der Waals surface area contributed by atoms with Gasteiger partial charge in [0.2, 0.25) is 10.0 Å². The zero-order valence-corrected chi connectivity index (χ0v) is 18.0. The number of hydrogen-bond donors (Lipinski definition) is 2. The molecule has 1 heterocycles. The number of hydrogen-bond acceptors (Lipinski definition) is 3. The third kappa shape index (κ3) is 5.63. The van der Waals surface area contributed by atoms with E-state index in [-0.39, 0.29) is 0 Å². The van der Waals surface area contributed by atoms with Crippen LogP contribution in [0, 0.1) is 5.41 Å². The molecule has 1 aromatic rings.